The predicted molar refractivity (Wildman–Crippen MR) is 104 cm³/mol. The summed E-state index contributed by atoms with van der Waals surface area (Å²) < 4.78 is 36.1. The largest absolute Gasteiger partial charge is 0.496 e. The van der Waals surface area contributed by atoms with Crippen LogP contribution in [0.15, 0.2) is 71.8 Å². The highest BCUT2D eigenvalue weighted by Crippen LogP contribution is 2.37. The van der Waals surface area contributed by atoms with E-state index in [-0.39, 0.29) is 6.04 Å². The molecule has 1 aliphatic rings. The lowest BCUT2D eigenvalue weighted by atomic mass is 10.0. The Labute approximate surface area is 159 Å². The Kier molecular flexibility index (Phi) is 4.53. The molecule has 1 aliphatic heterocycles. The third-order valence-electron chi connectivity index (χ3n) is 5.08. The summed E-state index contributed by atoms with van der Waals surface area (Å²) in [4.78, 5) is 0.293. The van der Waals surface area contributed by atoms with E-state index in [2.05, 4.69) is 4.57 Å². The minimum Gasteiger partial charge on any atom is -0.496 e. The van der Waals surface area contributed by atoms with E-state index in [0.29, 0.717) is 23.7 Å². The first-order chi connectivity index (χ1) is 13.0. The SMILES string of the molecule is COc1ccc(S(=O)(=O)N2CCn3cccc3C2c2ccccc2)cc1C. The average molecular weight is 382 g/mol. The van der Waals surface area contributed by atoms with Crippen molar-refractivity contribution in [1.82, 2.24) is 8.87 Å². The maximum atomic E-state index is 13.5. The zero-order chi connectivity index (χ0) is 19.0. The number of benzene rings is 2. The number of nitrogens with zero attached hydrogens (tertiary/aromatic N) is 2. The zero-order valence-corrected chi connectivity index (χ0v) is 16.2. The summed E-state index contributed by atoms with van der Waals surface area (Å²) in [5.74, 6) is 0.682. The lowest BCUT2D eigenvalue weighted by molar-refractivity contribution is 0.298. The molecular weight excluding hydrogens is 360 g/mol. The Morgan fingerprint density at radius 2 is 1.78 bits per heavy atom. The molecule has 0 radical (unpaired) electrons. The summed E-state index contributed by atoms with van der Waals surface area (Å²) in [5.41, 5.74) is 2.75. The Balaban J connectivity index is 1.82. The van der Waals surface area contributed by atoms with Crippen LogP contribution < -0.4 is 4.74 Å². The standard InChI is InChI=1S/C21H22N2O3S/c1-16-15-18(10-11-20(16)26-2)27(24,25)23-14-13-22-12-6-9-19(22)21(23)17-7-4-3-5-8-17/h3-12,15,21H,13-14H2,1-2H3. The number of hydrogen-bond acceptors (Lipinski definition) is 3. The molecule has 2 aromatic carbocycles. The topological polar surface area (TPSA) is 51.5 Å². The smallest absolute Gasteiger partial charge is 0.244 e. The van der Waals surface area contributed by atoms with Crippen molar-refractivity contribution in [1.29, 1.82) is 0 Å². The van der Waals surface area contributed by atoms with Crippen molar-refractivity contribution in [2.24, 2.45) is 0 Å². The molecule has 0 spiro atoms. The normalized spacial score (nSPS) is 17.5. The number of hydrogen-bond donors (Lipinski definition) is 0. The van der Waals surface area contributed by atoms with Crippen molar-refractivity contribution in [2.45, 2.75) is 24.4 Å². The van der Waals surface area contributed by atoms with Crippen LogP contribution in [0, 0.1) is 6.92 Å². The lowest BCUT2D eigenvalue weighted by Crippen LogP contribution is -2.42. The van der Waals surface area contributed by atoms with E-state index < -0.39 is 10.0 Å². The van der Waals surface area contributed by atoms with Gasteiger partial charge in [-0.1, -0.05) is 30.3 Å². The first-order valence-corrected chi connectivity index (χ1v) is 10.3. The van der Waals surface area contributed by atoms with Gasteiger partial charge in [0, 0.05) is 25.0 Å². The highest BCUT2D eigenvalue weighted by molar-refractivity contribution is 7.89. The van der Waals surface area contributed by atoms with Crippen LogP contribution in [0.4, 0.5) is 0 Å². The Morgan fingerprint density at radius 3 is 2.48 bits per heavy atom. The molecule has 0 bridgehead atoms. The second-order valence-electron chi connectivity index (χ2n) is 6.69. The van der Waals surface area contributed by atoms with Crippen molar-refractivity contribution < 1.29 is 13.2 Å². The summed E-state index contributed by atoms with van der Waals surface area (Å²) in [6.07, 6.45) is 2.01. The molecule has 0 fully saturated rings. The third-order valence-corrected chi connectivity index (χ3v) is 6.94. The van der Waals surface area contributed by atoms with E-state index in [4.69, 9.17) is 4.74 Å². The van der Waals surface area contributed by atoms with Gasteiger partial charge < -0.3 is 9.30 Å². The molecule has 3 aromatic rings. The maximum absolute atomic E-state index is 13.5. The Hall–Kier alpha value is -2.57. The van der Waals surface area contributed by atoms with Crippen LogP contribution in [-0.4, -0.2) is 30.9 Å². The van der Waals surface area contributed by atoms with Gasteiger partial charge in [0.2, 0.25) is 10.0 Å². The summed E-state index contributed by atoms with van der Waals surface area (Å²) >= 11 is 0. The van der Waals surface area contributed by atoms with Gasteiger partial charge in [0.15, 0.2) is 0 Å². The molecule has 5 nitrogen and oxygen atoms in total. The summed E-state index contributed by atoms with van der Waals surface area (Å²) in [5, 5.41) is 0. The second kappa shape index (κ2) is 6.87. The van der Waals surface area contributed by atoms with Gasteiger partial charge >= 0.3 is 0 Å². The number of methoxy groups -OCH3 is 1. The van der Waals surface area contributed by atoms with Gasteiger partial charge in [-0.05, 0) is 48.4 Å². The fourth-order valence-electron chi connectivity index (χ4n) is 3.74. The molecule has 140 valence electrons. The zero-order valence-electron chi connectivity index (χ0n) is 15.4. The van der Waals surface area contributed by atoms with Gasteiger partial charge in [-0.2, -0.15) is 4.31 Å². The van der Waals surface area contributed by atoms with E-state index in [9.17, 15) is 8.42 Å². The molecular formula is C21H22N2O3S. The molecule has 0 saturated carbocycles. The minimum atomic E-state index is -3.66. The number of aromatic nitrogens is 1. The number of ether oxygens (including phenoxy) is 1. The first-order valence-electron chi connectivity index (χ1n) is 8.89. The van der Waals surface area contributed by atoms with Crippen molar-refractivity contribution in [3.05, 3.63) is 83.7 Å². The molecule has 1 atom stereocenters. The fourth-order valence-corrected chi connectivity index (χ4v) is 5.41. The molecule has 27 heavy (non-hydrogen) atoms. The number of aryl methyl sites for hydroxylation is 1. The first kappa shape index (κ1) is 17.8. The second-order valence-corrected chi connectivity index (χ2v) is 8.58. The number of sulfonamides is 1. The van der Waals surface area contributed by atoms with Gasteiger partial charge in [-0.3, -0.25) is 0 Å². The van der Waals surface area contributed by atoms with Crippen molar-refractivity contribution in [3.8, 4) is 5.75 Å². The molecule has 0 aliphatic carbocycles. The van der Waals surface area contributed by atoms with Crippen LogP contribution in [-0.2, 0) is 16.6 Å². The predicted octanol–water partition coefficient (Wildman–Crippen LogP) is 3.60. The number of fused-ring (bicyclic) bond motifs is 1. The Bertz CT molecular complexity index is 1060. The maximum Gasteiger partial charge on any atom is 0.244 e. The average Bonchev–Trinajstić information content (AvgIpc) is 3.16. The molecule has 1 aromatic heterocycles. The monoisotopic (exact) mass is 382 g/mol. The molecule has 6 heteroatoms. The van der Waals surface area contributed by atoms with E-state index >= 15 is 0 Å². The highest BCUT2D eigenvalue weighted by atomic mass is 32.2. The van der Waals surface area contributed by atoms with Crippen LogP contribution in [0.3, 0.4) is 0 Å². The molecule has 0 saturated heterocycles. The summed E-state index contributed by atoms with van der Waals surface area (Å²) in [7, 11) is -2.08. The van der Waals surface area contributed by atoms with Crippen molar-refractivity contribution >= 4 is 10.0 Å². The van der Waals surface area contributed by atoms with Crippen LogP contribution in [0.1, 0.15) is 22.9 Å². The molecule has 0 N–H and O–H groups in total. The minimum absolute atomic E-state index is 0.293. The van der Waals surface area contributed by atoms with Crippen LogP contribution >= 0.6 is 0 Å². The molecule has 1 unspecified atom stereocenters. The van der Waals surface area contributed by atoms with E-state index in [1.54, 1.807) is 29.6 Å². The molecule has 4 rings (SSSR count). The fraction of sp³-hybridized carbons (Fsp3) is 0.238. The van der Waals surface area contributed by atoms with Crippen LogP contribution in [0.5, 0.6) is 5.75 Å². The van der Waals surface area contributed by atoms with Gasteiger partial charge in [0.1, 0.15) is 5.75 Å². The van der Waals surface area contributed by atoms with E-state index in [1.807, 2.05) is 55.6 Å². The molecule has 2 heterocycles. The highest BCUT2D eigenvalue weighted by Gasteiger charge is 2.37. The summed E-state index contributed by atoms with van der Waals surface area (Å²) in [6.45, 7) is 2.92. The van der Waals surface area contributed by atoms with Crippen molar-refractivity contribution in [2.75, 3.05) is 13.7 Å². The van der Waals surface area contributed by atoms with Crippen molar-refractivity contribution in [3.63, 3.8) is 0 Å². The van der Waals surface area contributed by atoms with E-state index in [0.717, 1.165) is 16.8 Å². The number of rotatable bonds is 4. The van der Waals surface area contributed by atoms with Gasteiger partial charge in [-0.25, -0.2) is 8.42 Å². The lowest BCUT2D eigenvalue weighted by Gasteiger charge is -2.36. The summed E-state index contributed by atoms with van der Waals surface area (Å²) in [6, 6.07) is 18.4. The van der Waals surface area contributed by atoms with Gasteiger partial charge in [-0.15, -0.1) is 0 Å². The Morgan fingerprint density at radius 1 is 1.00 bits per heavy atom. The third kappa shape index (κ3) is 3.05. The van der Waals surface area contributed by atoms with Crippen LogP contribution in [0.2, 0.25) is 0 Å². The van der Waals surface area contributed by atoms with E-state index in [1.165, 1.54) is 0 Å². The van der Waals surface area contributed by atoms with Gasteiger partial charge in [0.25, 0.3) is 0 Å². The van der Waals surface area contributed by atoms with Crippen LogP contribution in [0.25, 0.3) is 0 Å². The van der Waals surface area contributed by atoms with Gasteiger partial charge in [0.05, 0.1) is 18.0 Å². The quantitative estimate of drug-likeness (QED) is 0.693. The molecule has 0 amide bonds.